The summed E-state index contributed by atoms with van der Waals surface area (Å²) in [6.45, 7) is 1.51. The van der Waals surface area contributed by atoms with Crippen LogP contribution < -0.4 is 0 Å². The average molecular weight is 564 g/mol. The van der Waals surface area contributed by atoms with Gasteiger partial charge in [0.05, 0.1) is 17.7 Å². The Hall–Kier alpha value is -4.40. The minimum Gasteiger partial charge on any atom is -0.266 e. The fraction of sp³-hybridized carbons (Fsp3) is 0.188. The lowest BCUT2D eigenvalue weighted by molar-refractivity contribution is -0.0923. The number of rotatable bonds is 13. The van der Waals surface area contributed by atoms with E-state index in [1.54, 1.807) is 36.2 Å². The van der Waals surface area contributed by atoms with Crippen molar-refractivity contribution in [3.05, 3.63) is 154 Å². The highest BCUT2D eigenvalue weighted by Gasteiger charge is 2.39. The van der Waals surface area contributed by atoms with E-state index in [-0.39, 0.29) is 13.2 Å². The summed E-state index contributed by atoms with van der Waals surface area (Å²) in [7, 11) is 0. The van der Waals surface area contributed by atoms with Crippen molar-refractivity contribution in [3.63, 3.8) is 0 Å². The zero-order chi connectivity index (χ0) is 28.5. The molecule has 1 aliphatic heterocycles. The van der Waals surface area contributed by atoms with Crippen LogP contribution in [0.1, 0.15) is 43.8 Å². The van der Waals surface area contributed by atoms with Crippen LogP contribution in [-0.2, 0) is 9.58 Å². The second kappa shape index (κ2) is 13.3. The molecule has 0 saturated carbocycles. The van der Waals surface area contributed by atoms with Gasteiger partial charge in [-0.15, -0.1) is 5.06 Å². The van der Waals surface area contributed by atoms with Crippen molar-refractivity contribution in [2.24, 2.45) is 5.11 Å². The van der Waals surface area contributed by atoms with Crippen LogP contribution in [0.15, 0.2) is 120 Å². The highest BCUT2D eigenvalue weighted by Crippen LogP contribution is 2.49. The van der Waals surface area contributed by atoms with Crippen LogP contribution in [0, 0.1) is 0 Å². The Morgan fingerprint density at radius 3 is 1.66 bits per heavy atom. The van der Waals surface area contributed by atoms with Gasteiger partial charge in [0.15, 0.2) is 0 Å². The van der Waals surface area contributed by atoms with Gasteiger partial charge in [-0.3, -0.25) is 14.4 Å². The molecule has 5 rings (SSSR count). The molecule has 8 nitrogen and oxygen atoms in total. The first-order chi connectivity index (χ1) is 20.1. The summed E-state index contributed by atoms with van der Waals surface area (Å²) in [5.74, 6) is -0.895. The normalized spacial score (nSPS) is 12.9. The Kier molecular flexibility index (Phi) is 9.13. The van der Waals surface area contributed by atoms with Gasteiger partial charge < -0.3 is 0 Å². The zero-order valence-electron chi connectivity index (χ0n) is 22.4. The van der Waals surface area contributed by atoms with Crippen LogP contribution >= 0.6 is 11.9 Å². The van der Waals surface area contributed by atoms with E-state index in [0.717, 1.165) is 21.8 Å². The summed E-state index contributed by atoms with van der Waals surface area (Å²) >= 11 is 1.67. The van der Waals surface area contributed by atoms with Crippen molar-refractivity contribution >= 4 is 23.8 Å². The molecule has 0 saturated heterocycles. The molecular weight excluding hydrogens is 534 g/mol. The number of nitrogens with zero attached hydrogens (tertiary/aromatic N) is 5. The van der Waals surface area contributed by atoms with Crippen molar-refractivity contribution in [3.8, 4) is 0 Å². The van der Waals surface area contributed by atoms with Gasteiger partial charge in [-0.05, 0) is 40.8 Å². The number of carbonyl (C=O) groups excluding carboxylic acids is 2. The zero-order valence-corrected chi connectivity index (χ0v) is 23.2. The predicted octanol–water partition coefficient (Wildman–Crippen LogP) is 6.86. The Balaban J connectivity index is 1.40. The predicted molar refractivity (Wildman–Crippen MR) is 160 cm³/mol. The number of azide groups is 1. The van der Waals surface area contributed by atoms with Crippen LogP contribution in [0.3, 0.4) is 0 Å². The van der Waals surface area contributed by atoms with Gasteiger partial charge in [0, 0.05) is 24.5 Å². The SMILES string of the molecule is [N-]=[N+]=NCCN(CCCON1C(=O)c2ccccc2C1=O)SC(c1ccccc1)(c1ccccc1)c1ccccc1. The van der Waals surface area contributed by atoms with Gasteiger partial charge in [-0.25, -0.2) is 4.31 Å². The Labute approximate surface area is 243 Å². The van der Waals surface area contributed by atoms with E-state index < -0.39 is 16.6 Å². The molecule has 0 atom stereocenters. The molecule has 0 fully saturated rings. The number of hydrogen-bond acceptors (Lipinski definition) is 6. The van der Waals surface area contributed by atoms with Crippen LogP contribution in [0.25, 0.3) is 10.4 Å². The fourth-order valence-electron chi connectivity index (χ4n) is 4.96. The van der Waals surface area contributed by atoms with E-state index in [0.29, 0.717) is 30.6 Å². The number of hydrogen-bond donors (Lipinski definition) is 0. The second-order valence-corrected chi connectivity index (χ2v) is 10.7. The maximum Gasteiger partial charge on any atom is 0.285 e. The molecule has 2 amide bonds. The highest BCUT2D eigenvalue weighted by atomic mass is 32.2. The number of hydroxylamine groups is 2. The summed E-state index contributed by atoms with van der Waals surface area (Å²) in [6.07, 6.45) is 0.533. The van der Waals surface area contributed by atoms with Crippen LogP contribution in [0.4, 0.5) is 0 Å². The van der Waals surface area contributed by atoms with Gasteiger partial charge in [-0.1, -0.05) is 120 Å². The van der Waals surface area contributed by atoms with Crippen molar-refractivity contribution in [2.45, 2.75) is 11.2 Å². The molecule has 0 radical (unpaired) electrons. The quantitative estimate of drug-likeness (QED) is 0.0337. The number of amides is 2. The highest BCUT2D eigenvalue weighted by molar-refractivity contribution is 7.98. The van der Waals surface area contributed by atoms with E-state index in [9.17, 15) is 9.59 Å². The monoisotopic (exact) mass is 563 g/mol. The fourth-order valence-corrected chi connectivity index (χ4v) is 6.46. The number of imide groups is 1. The van der Waals surface area contributed by atoms with Gasteiger partial charge >= 0.3 is 0 Å². The first-order valence-corrected chi connectivity index (χ1v) is 14.1. The van der Waals surface area contributed by atoms with E-state index in [4.69, 9.17) is 10.4 Å². The summed E-state index contributed by atoms with van der Waals surface area (Å²) in [4.78, 5) is 34.0. The molecular formula is C32H29N5O3S. The largest absolute Gasteiger partial charge is 0.285 e. The van der Waals surface area contributed by atoms with E-state index >= 15 is 0 Å². The Morgan fingerprint density at radius 2 is 1.20 bits per heavy atom. The molecule has 1 aliphatic rings. The summed E-state index contributed by atoms with van der Waals surface area (Å²) in [6, 6.07) is 37.7. The lowest BCUT2D eigenvalue weighted by atomic mass is 9.84. The Morgan fingerprint density at radius 1 is 0.732 bits per heavy atom. The van der Waals surface area contributed by atoms with Crippen LogP contribution in [0.2, 0.25) is 0 Å². The molecule has 0 bridgehead atoms. The summed E-state index contributed by atoms with van der Waals surface area (Å²) < 4.78 is 1.58. The van der Waals surface area contributed by atoms with Gasteiger partial charge in [0.2, 0.25) is 0 Å². The van der Waals surface area contributed by atoms with Crippen molar-refractivity contribution in [2.75, 3.05) is 26.2 Å². The molecule has 0 unspecified atom stereocenters. The molecule has 1 heterocycles. The smallest absolute Gasteiger partial charge is 0.266 e. The molecule has 41 heavy (non-hydrogen) atoms. The molecule has 4 aromatic rings. The maximum atomic E-state index is 12.7. The van der Waals surface area contributed by atoms with Crippen molar-refractivity contribution in [1.29, 1.82) is 0 Å². The molecule has 0 spiro atoms. The molecule has 9 heteroatoms. The van der Waals surface area contributed by atoms with E-state index in [1.165, 1.54) is 0 Å². The molecule has 4 aromatic carbocycles. The topological polar surface area (TPSA) is 98.6 Å². The number of benzene rings is 4. The molecule has 0 aliphatic carbocycles. The third kappa shape index (κ3) is 6.04. The first kappa shape index (κ1) is 28.1. The van der Waals surface area contributed by atoms with E-state index in [1.807, 2.05) is 54.6 Å². The van der Waals surface area contributed by atoms with Gasteiger partial charge in [0.1, 0.15) is 4.75 Å². The lowest BCUT2D eigenvalue weighted by Crippen LogP contribution is -2.34. The molecule has 0 aromatic heterocycles. The number of carbonyl (C=O) groups is 2. The first-order valence-electron chi connectivity index (χ1n) is 13.4. The minimum atomic E-state index is -0.594. The van der Waals surface area contributed by atoms with Crippen LogP contribution in [0.5, 0.6) is 0 Å². The van der Waals surface area contributed by atoms with Crippen LogP contribution in [-0.4, -0.2) is 47.4 Å². The second-order valence-electron chi connectivity index (χ2n) is 9.39. The molecule has 0 N–H and O–H groups in total. The van der Waals surface area contributed by atoms with Gasteiger partial charge in [0.25, 0.3) is 11.8 Å². The third-order valence-electron chi connectivity index (χ3n) is 6.85. The standard InChI is InChI=1S/C32H29N5O3S/c33-35-34-21-23-36(22-12-24-40-37-30(38)28-19-10-11-20-29(28)31(37)39)41-32(25-13-4-1-5-14-25,26-15-6-2-7-16-26)27-17-8-3-9-18-27/h1-11,13-20H,12,21-24H2. The van der Waals surface area contributed by atoms with Gasteiger partial charge in [-0.2, -0.15) is 0 Å². The minimum absolute atomic E-state index is 0.166. The Bertz CT molecular complexity index is 1400. The average Bonchev–Trinajstić information content (AvgIpc) is 3.27. The lowest BCUT2D eigenvalue weighted by Gasteiger charge is -2.39. The van der Waals surface area contributed by atoms with Crippen molar-refractivity contribution < 1.29 is 14.4 Å². The number of fused-ring (bicyclic) bond motifs is 1. The molecule has 206 valence electrons. The summed E-state index contributed by atoms with van der Waals surface area (Å²) in [5.41, 5.74) is 13.0. The van der Waals surface area contributed by atoms with E-state index in [2.05, 4.69) is 50.7 Å². The van der Waals surface area contributed by atoms with Crippen molar-refractivity contribution in [1.82, 2.24) is 9.37 Å². The summed E-state index contributed by atoms with van der Waals surface area (Å²) in [5, 5.41) is 4.64. The maximum absolute atomic E-state index is 12.7. The third-order valence-corrected chi connectivity index (χ3v) is 8.45.